The lowest BCUT2D eigenvalue weighted by molar-refractivity contribution is -0.138. The molecule has 0 unspecified atom stereocenters. The first-order valence-corrected chi connectivity index (χ1v) is 11.0. The first-order chi connectivity index (χ1) is 13.6. The van der Waals surface area contributed by atoms with Crippen LogP contribution in [0.15, 0.2) is 24.3 Å². The van der Waals surface area contributed by atoms with Crippen LogP contribution in [0.2, 0.25) is 0 Å². The highest BCUT2D eigenvalue weighted by Crippen LogP contribution is 2.32. The second-order valence-electron chi connectivity index (χ2n) is 9.84. The summed E-state index contributed by atoms with van der Waals surface area (Å²) in [5.41, 5.74) is 2.03. The number of likely N-dealkylation sites (tertiary alicyclic amines) is 1. The van der Waals surface area contributed by atoms with Crippen LogP contribution in [0.1, 0.15) is 77.3 Å². The minimum atomic E-state index is -0.488. The summed E-state index contributed by atoms with van der Waals surface area (Å²) >= 11 is 0. The fourth-order valence-electron chi connectivity index (χ4n) is 3.85. The quantitative estimate of drug-likeness (QED) is 0.703. The van der Waals surface area contributed by atoms with Gasteiger partial charge in [0.15, 0.2) is 0 Å². The zero-order valence-electron chi connectivity index (χ0n) is 18.6. The van der Waals surface area contributed by atoms with Crippen molar-refractivity contribution in [1.82, 2.24) is 9.80 Å². The summed E-state index contributed by atoms with van der Waals surface area (Å²) in [7, 11) is 0. The molecule has 1 saturated heterocycles. The van der Waals surface area contributed by atoms with Crippen molar-refractivity contribution in [3.05, 3.63) is 35.4 Å². The van der Waals surface area contributed by atoms with Gasteiger partial charge in [0.2, 0.25) is 5.91 Å². The van der Waals surface area contributed by atoms with E-state index >= 15 is 0 Å². The van der Waals surface area contributed by atoms with E-state index in [0.29, 0.717) is 44.4 Å². The highest BCUT2D eigenvalue weighted by Gasteiger charge is 2.38. The van der Waals surface area contributed by atoms with Crippen LogP contribution in [-0.2, 0) is 16.1 Å². The van der Waals surface area contributed by atoms with Gasteiger partial charge in [-0.05, 0) is 63.5 Å². The second-order valence-corrected chi connectivity index (χ2v) is 9.84. The predicted molar refractivity (Wildman–Crippen MR) is 115 cm³/mol. The normalized spacial score (nSPS) is 18.1. The van der Waals surface area contributed by atoms with Gasteiger partial charge in [-0.3, -0.25) is 4.79 Å². The smallest absolute Gasteiger partial charge is 0.410 e. The standard InChI is InChI=1S/C24H36N2O3/c1-17(2)19-8-6-18(7-9-19)16-26(21-10-11-21)22(27)20-12-14-25(15-13-20)23(28)29-24(3,4)5/h6-9,17,20-21H,10-16H2,1-5H3. The van der Waals surface area contributed by atoms with E-state index < -0.39 is 5.60 Å². The van der Waals surface area contributed by atoms with Crippen LogP contribution in [-0.4, -0.2) is 46.5 Å². The molecular formula is C24H36N2O3. The van der Waals surface area contributed by atoms with Gasteiger partial charge < -0.3 is 14.5 Å². The summed E-state index contributed by atoms with van der Waals surface area (Å²) in [6.45, 7) is 11.9. The Kier molecular flexibility index (Phi) is 6.55. The largest absolute Gasteiger partial charge is 0.444 e. The molecule has 160 valence electrons. The summed E-state index contributed by atoms with van der Waals surface area (Å²) in [5, 5.41) is 0. The Balaban J connectivity index is 1.57. The number of hydrogen-bond acceptors (Lipinski definition) is 3. The molecule has 0 spiro atoms. The maximum atomic E-state index is 13.3. The number of ether oxygens (including phenoxy) is 1. The first kappa shape index (κ1) is 21.7. The maximum Gasteiger partial charge on any atom is 0.410 e. The van der Waals surface area contributed by atoms with E-state index in [1.807, 2.05) is 20.8 Å². The van der Waals surface area contributed by atoms with Crippen LogP contribution in [0.25, 0.3) is 0 Å². The van der Waals surface area contributed by atoms with Crippen LogP contribution in [0.3, 0.4) is 0 Å². The van der Waals surface area contributed by atoms with Crippen molar-refractivity contribution in [1.29, 1.82) is 0 Å². The molecule has 0 aromatic heterocycles. The van der Waals surface area contributed by atoms with Crippen LogP contribution >= 0.6 is 0 Å². The molecule has 0 atom stereocenters. The monoisotopic (exact) mass is 400 g/mol. The van der Waals surface area contributed by atoms with Gasteiger partial charge in [-0.1, -0.05) is 38.1 Å². The Morgan fingerprint density at radius 2 is 1.66 bits per heavy atom. The van der Waals surface area contributed by atoms with E-state index in [2.05, 4.69) is 43.0 Å². The molecule has 0 N–H and O–H groups in total. The third-order valence-electron chi connectivity index (χ3n) is 5.77. The average Bonchev–Trinajstić information content (AvgIpc) is 3.50. The number of hydrogen-bond donors (Lipinski definition) is 0. The van der Waals surface area contributed by atoms with Crippen molar-refractivity contribution < 1.29 is 14.3 Å². The summed E-state index contributed by atoms with van der Waals surface area (Å²) < 4.78 is 5.47. The molecule has 3 rings (SSSR count). The zero-order valence-corrected chi connectivity index (χ0v) is 18.6. The van der Waals surface area contributed by atoms with Gasteiger partial charge >= 0.3 is 6.09 Å². The third kappa shape index (κ3) is 5.97. The molecule has 2 fully saturated rings. The van der Waals surface area contributed by atoms with Crippen molar-refractivity contribution in [3.8, 4) is 0 Å². The Morgan fingerprint density at radius 1 is 1.07 bits per heavy atom. The number of piperidine rings is 1. The van der Waals surface area contributed by atoms with Gasteiger partial charge in [0, 0.05) is 31.6 Å². The molecule has 5 heteroatoms. The van der Waals surface area contributed by atoms with Gasteiger partial charge in [0.1, 0.15) is 5.60 Å². The van der Waals surface area contributed by atoms with E-state index in [4.69, 9.17) is 4.74 Å². The number of amides is 2. The molecule has 1 heterocycles. The zero-order chi connectivity index (χ0) is 21.2. The Labute approximate surface area is 175 Å². The molecule has 1 aliphatic carbocycles. The van der Waals surface area contributed by atoms with Crippen LogP contribution in [0.4, 0.5) is 4.79 Å². The summed E-state index contributed by atoms with van der Waals surface area (Å²) in [6, 6.07) is 9.05. The van der Waals surface area contributed by atoms with E-state index in [9.17, 15) is 9.59 Å². The highest BCUT2D eigenvalue weighted by atomic mass is 16.6. The summed E-state index contributed by atoms with van der Waals surface area (Å²) in [6.07, 6.45) is 3.37. The molecule has 1 aliphatic heterocycles. The molecule has 2 aliphatic rings. The van der Waals surface area contributed by atoms with Crippen LogP contribution < -0.4 is 0 Å². The van der Waals surface area contributed by atoms with Crippen molar-refractivity contribution in [2.24, 2.45) is 5.92 Å². The molecule has 1 saturated carbocycles. The number of nitrogens with zero attached hydrogens (tertiary/aromatic N) is 2. The molecule has 5 nitrogen and oxygen atoms in total. The maximum absolute atomic E-state index is 13.3. The van der Waals surface area contributed by atoms with Crippen molar-refractivity contribution in [2.75, 3.05) is 13.1 Å². The minimum Gasteiger partial charge on any atom is -0.444 e. The Hall–Kier alpha value is -2.04. The lowest BCUT2D eigenvalue weighted by Crippen LogP contribution is -2.46. The SMILES string of the molecule is CC(C)c1ccc(CN(C(=O)C2CCN(C(=O)OC(C)(C)C)CC2)C2CC2)cc1. The summed E-state index contributed by atoms with van der Waals surface area (Å²) in [5.74, 6) is 0.772. The molecule has 2 amide bonds. The van der Waals surface area contributed by atoms with E-state index in [-0.39, 0.29) is 17.9 Å². The van der Waals surface area contributed by atoms with Gasteiger partial charge in [-0.15, -0.1) is 0 Å². The number of benzene rings is 1. The minimum absolute atomic E-state index is 0.00391. The Morgan fingerprint density at radius 3 is 2.14 bits per heavy atom. The van der Waals surface area contributed by atoms with E-state index in [0.717, 1.165) is 12.8 Å². The molecule has 1 aromatic carbocycles. The van der Waals surface area contributed by atoms with Crippen molar-refractivity contribution in [3.63, 3.8) is 0 Å². The Bertz CT molecular complexity index is 709. The van der Waals surface area contributed by atoms with Crippen LogP contribution in [0.5, 0.6) is 0 Å². The molecule has 1 aromatic rings. The van der Waals surface area contributed by atoms with Gasteiger partial charge in [0.05, 0.1) is 0 Å². The van der Waals surface area contributed by atoms with Gasteiger partial charge in [-0.2, -0.15) is 0 Å². The molecule has 0 radical (unpaired) electrons. The molecule has 0 bridgehead atoms. The van der Waals surface area contributed by atoms with Crippen molar-refractivity contribution >= 4 is 12.0 Å². The molecule has 29 heavy (non-hydrogen) atoms. The van der Waals surface area contributed by atoms with E-state index in [1.165, 1.54) is 11.1 Å². The molecular weight excluding hydrogens is 364 g/mol. The number of carbonyl (C=O) groups excluding carboxylic acids is 2. The third-order valence-corrected chi connectivity index (χ3v) is 5.77. The lowest BCUT2D eigenvalue weighted by Gasteiger charge is -2.35. The summed E-state index contributed by atoms with van der Waals surface area (Å²) in [4.78, 5) is 29.3. The fourth-order valence-corrected chi connectivity index (χ4v) is 3.85. The van der Waals surface area contributed by atoms with E-state index in [1.54, 1.807) is 4.90 Å². The fraction of sp³-hybridized carbons (Fsp3) is 0.667. The van der Waals surface area contributed by atoms with Gasteiger partial charge in [0.25, 0.3) is 0 Å². The highest BCUT2D eigenvalue weighted by molar-refractivity contribution is 5.80. The van der Waals surface area contributed by atoms with Crippen LogP contribution in [0, 0.1) is 5.92 Å². The average molecular weight is 401 g/mol. The second kappa shape index (κ2) is 8.76. The first-order valence-electron chi connectivity index (χ1n) is 11.0. The topological polar surface area (TPSA) is 49.9 Å². The van der Waals surface area contributed by atoms with Crippen molar-refractivity contribution in [2.45, 2.75) is 84.4 Å². The number of rotatable bonds is 5. The predicted octanol–water partition coefficient (Wildman–Crippen LogP) is 4.95. The number of carbonyl (C=O) groups is 2. The lowest BCUT2D eigenvalue weighted by atomic mass is 9.95. The van der Waals surface area contributed by atoms with Gasteiger partial charge in [-0.25, -0.2) is 4.79 Å².